The number of carbonyl (C=O) groups excluding carboxylic acids is 6. The highest BCUT2D eigenvalue weighted by Crippen LogP contribution is 2.23. The highest BCUT2D eigenvalue weighted by molar-refractivity contribution is 6.30. The first-order chi connectivity index (χ1) is 48.4. The minimum atomic E-state index is -0.463. The molecule has 102 heavy (non-hydrogen) atoms. The van der Waals surface area contributed by atoms with Crippen LogP contribution in [0, 0.1) is 5.92 Å². The van der Waals surface area contributed by atoms with Crippen LogP contribution < -0.4 is 80.9 Å². The number of benzene rings is 3. The number of nitrogens with one attached hydrogen (secondary N) is 6. The third kappa shape index (κ3) is 20.0. The number of likely N-dealkylation sites (N-methyl/N-ethyl adjacent to an activating group) is 1. The van der Waals surface area contributed by atoms with Crippen LogP contribution in [0.4, 0.5) is 17.5 Å². The molecule has 9 aromatic rings. The number of halogens is 4. The second-order valence-corrected chi connectivity index (χ2v) is 25.0. The lowest BCUT2D eigenvalue weighted by Crippen LogP contribution is -3.00. The van der Waals surface area contributed by atoms with Crippen molar-refractivity contribution in [2.24, 2.45) is 11.7 Å². The summed E-state index contributed by atoms with van der Waals surface area (Å²) < 4.78 is 12.6. The molecule has 548 valence electrons. The van der Waals surface area contributed by atoms with Crippen molar-refractivity contribution in [2.45, 2.75) is 121 Å². The molecule has 6 heterocycles. The van der Waals surface area contributed by atoms with Crippen LogP contribution in [0.5, 0.6) is 0 Å². The van der Waals surface area contributed by atoms with E-state index < -0.39 is 17.7 Å². The number of fused-ring (bicyclic) bond motifs is 3. The van der Waals surface area contributed by atoms with Gasteiger partial charge in [-0.25, -0.2) is 57.3 Å². The van der Waals surface area contributed by atoms with E-state index >= 15 is 0 Å². The van der Waals surface area contributed by atoms with Crippen molar-refractivity contribution in [1.82, 2.24) is 85.3 Å². The van der Waals surface area contributed by atoms with Gasteiger partial charge in [0, 0.05) is 74.2 Å². The van der Waals surface area contributed by atoms with Crippen LogP contribution in [-0.4, -0.2) is 156 Å². The molecular weight excluding hydrogens is 1390 g/mol. The average molecular weight is 1490 g/mol. The molecule has 0 unspecified atom stereocenters. The maximum atomic E-state index is 13.3. The summed E-state index contributed by atoms with van der Waals surface area (Å²) in [7, 11) is 5.81. The summed E-state index contributed by atoms with van der Waals surface area (Å²) in [5.74, 6) is 1.41. The van der Waals surface area contributed by atoms with Crippen LogP contribution in [0.2, 0.25) is 15.5 Å². The van der Waals surface area contributed by atoms with E-state index in [9.17, 15) is 28.8 Å². The monoisotopic (exact) mass is 1480 g/mol. The van der Waals surface area contributed by atoms with Gasteiger partial charge in [-0.15, -0.1) is 0 Å². The Balaban J connectivity index is 0.000000239. The zero-order valence-corrected chi connectivity index (χ0v) is 62.6. The molecule has 9 rings (SSSR count). The summed E-state index contributed by atoms with van der Waals surface area (Å²) in [6, 6.07) is 17.0. The van der Waals surface area contributed by atoms with E-state index in [2.05, 4.69) is 103 Å². The number of hydrogen-bond acceptors (Lipinski definition) is 18. The zero-order chi connectivity index (χ0) is 73.8. The maximum Gasteiger partial charge on any atom is 0.277 e. The lowest BCUT2D eigenvalue weighted by atomic mass is 10.1. The summed E-state index contributed by atoms with van der Waals surface area (Å²) in [5.41, 5.74) is 30.6. The highest BCUT2D eigenvalue weighted by atomic mass is 35.5. The fourth-order valence-electron chi connectivity index (χ4n) is 11.8. The van der Waals surface area contributed by atoms with Gasteiger partial charge in [0.1, 0.15) is 35.1 Å². The number of imidazole rings is 3. The van der Waals surface area contributed by atoms with E-state index in [1.54, 1.807) is 4.90 Å². The van der Waals surface area contributed by atoms with Crippen molar-refractivity contribution in [3.63, 3.8) is 0 Å². The Morgan fingerprint density at radius 1 is 0.510 bits per heavy atom. The molecule has 0 aliphatic carbocycles. The van der Waals surface area contributed by atoms with E-state index in [-0.39, 0.29) is 99.8 Å². The van der Waals surface area contributed by atoms with Crippen LogP contribution in [-0.2, 0) is 58.9 Å². The molecule has 30 nitrogen and oxygen atoms in total. The van der Waals surface area contributed by atoms with Gasteiger partial charge in [0.15, 0.2) is 67.6 Å². The third-order valence-corrected chi connectivity index (χ3v) is 16.9. The Kier molecular flexibility index (Phi) is 30.8. The number of anilines is 3. The molecule has 0 saturated heterocycles. The van der Waals surface area contributed by atoms with E-state index in [1.165, 1.54) is 18.6 Å². The fourth-order valence-corrected chi connectivity index (χ4v) is 12.2. The number of nitrogens with two attached hydrogens (primary N) is 4. The fraction of sp³-hybridized carbons (Fsp3) is 0.426. The number of hydrogen-bond donors (Lipinski definition) is 10. The van der Waals surface area contributed by atoms with Crippen molar-refractivity contribution < 1.29 is 54.9 Å². The standard InChI is InChI=1S/C24H33ClN8O2.2C22H29ClN8O2.ClH/c1-5-32-17-8-7-16(24(35)31(10-9-26)14-15(3)4)11-18(17)33(6-2)20(32)13-29-23(34)21-22(27)28-12-19(25)30-21;1-5-30-15-8-7-14(21(32)25-9-10-29(3)4)11-16(15)31(6-2)18(30)13-27-22(33)19-20(24)26-12-17(23)28-19;1-4-30-15-8-7-14(21(32)26-10-6-9-25-3)11-16(15)31(5-2)18(30)13-28-22(33)19-20(24)27-12-17(23)29-19;/h7-8,11-12,15H,5-6,9-10,13-14,26H2,1-4H3,(H2-,27,28,29,34);7-8,11-12H,5-6,9-10,13H2,1-4H3,(H3-,24,25,26,27,32,33);7-8,11-12,25H,4-6,9-10,13H2,1-3H3,(H3-,24,26,27,28,32,33);1H/p+2. The van der Waals surface area contributed by atoms with E-state index in [0.717, 1.165) is 70.1 Å². The lowest BCUT2D eigenvalue weighted by molar-refractivity contribution is -0.676. The average Bonchev–Trinajstić information content (AvgIpc) is 1.63. The minimum Gasteiger partial charge on any atom is -1.00 e. The van der Waals surface area contributed by atoms with Crippen LogP contribution in [0.25, 0.3) is 33.1 Å². The molecule has 34 heteroatoms. The number of aryl methyl sites for hydroxylation is 6. The highest BCUT2D eigenvalue weighted by Gasteiger charge is 2.30. The second-order valence-electron chi connectivity index (χ2n) is 23.9. The Labute approximate surface area is 614 Å². The molecule has 0 fully saturated rings. The molecule has 3 aromatic carbocycles. The summed E-state index contributed by atoms with van der Waals surface area (Å²) >= 11 is 17.6. The maximum absolute atomic E-state index is 13.3. The molecule has 6 aromatic heterocycles. The SMILES string of the molecule is CCn1c(CNC(=O)c2nc(Cl)cnc2N)[n+](CC)c2ccc(C(=O)N(CCN)CC(C)C)cc21.CCn1c(CNC(=O)c2nc(Cl)cnc2N)[n+](CC)c2ccc(C(=O)NCCCNC)cc21.CCn1c(CNC(=O)c2nc(Cl)cnc2N)[n+](CC)c2ccc(C(=O)NCCN(C)C)cc21.[Cl-]. The Morgan fingerprint density at radius 2 is 0.863 bits per heavy atom. The minimum absolute atomic E-state index is 0. The zero-order valence-electron chi connectivity index (χ0n) is 59.6. The van der Waals surface area contributed by atoms with Crippen molar-refractivity contribution in [3.05, 3.63) is 140 Å². The molecule has 14 N–H and O–H groups in total. The molecule has 0 saturated carbocycles. The quantitative estimate of drug-likeness (QED) is 0.0234. The lowest BCUT2D eigenvalue weighted by Gasteiger charge is -2.24. The second kappa shape index (κ2) is 38.6. The van der Waals surface area contributed by atoms with Crippen LogP contribution in [0.1, 0.15) is 142 Å². The number of carbonyl (C=O) groups is 6. The first-order valence-corrected chi connectivity index (χ1v) is 34.7. The Bertz CT molecular complexity index is 4440. The molecule has 0 atom stereocenters. The predicted octanol–water partition coefficient (Wildman–Crippen LogP) is 1.46. The molecular formula is C68H94Cl4N24O6+2. The number of rotatable bonds is 29. The van der Waals surface area contributed by atoms with Gasteiger partial charge in [0.25, 0.3) is 52.9 Å². The predicted molar refractivity (Wildman–Crippen MR) is 390 cm³/mol. The van der Waals surface area contributed by atoms with Crippen molar-refractivity contribution in [2.75, 3.05) is 84.2 Å². The smallest absolute Gasteiger partial charge is 0.277 e. The van der Waals surface area contributed by atoms with E-state index in [4.69, 9.17) is 57.7 Å². The van der Waals surface area contributed by atoms with Gasteiger partial charge >= 0.3 is 0 Å². The number of amides is 6. The van der Waals surface area contributed by atoms with E-state index in [1.807, 2.05) is 122 Å². The van der Waals surface area contributed by atoms with Crippen molar-refractivity contribution in [1.29, 1.82) is 0 Å². The number of nitrogen functional groups attached to an aromatic ring is 3. The molecule has 0 bridgehead atoms. The summed E-state index contributed by atoms with van der Waals surface area (Å²) in [6.45, 7) is 25.5. The van der Waals surface area contributed by atoms with Crippen molar-refractivity contribution >= 4 is 121 Å². The normalized spacial score (nSPS) is 11.1. The third-order valence-electron chi connectivity index (χ3n) is 16.4. The molecule has 0 radical (unpaired) electrons. The van der Waals surface area contributed by atoms with Gasteiger partial charge in [-0.05, 0) is 118 Å². The van der Waals surface area contributed by atoms with Gasteiger partial charge in [-0.1, -0.05) is 48.7 Å². The van der Waals surface area contributed by atoms with Gasteiger partial charge in [0.05, 0.1) is 57.9 Å². The van der Waals surface area contributed by atoms with Gasteiger partial charge in [0.2, 0.25) is 0 Å². The number of nitrogens with zero attached hydrogens (tertiary/aromatic N) is 14. The summed E-state index contributed by atoms with van der Waals surface area (Å²) in [4.78, 5) is 104. The van der Waals surface area contributed by atoms with Crippen LogP contribution in [0.3, 0.4) is 0 Å². The van der Waals surface area contributed by atoms with Gasteiger partial charge in [-0.3, -0.25) is 28.8 Å². The van der Waals surface area contributed by atoms with Gasteiger partial charge < -0.3 is 77.0 Å². The van der Waals surface area contributed by atoms with Crippen LogP contribution in [0.15, 0.2) is 73.2 Å². The van der Waals surface area contributed by atoms with Gasteiger partial charge in [-0.2, -0.15) is 0 Å². The molecule has 0 spiro atoms. The molecule has 0 aliphatic rings. The van der Waals surface area contributed by atoms with E-state index in [0.29, 0.717) is 94.6 Å². The topological polar surface area (TPSA) is 389 Å². The summed E-state index contributed by atoms with van der Waals surface area (Å²) in [6.07, 6.45) is 4.74. The first kappa shape index (κ1) is 81.5. The first-order valence-electron chi connectivity index (χ1n) is 33.6. The largest absolute Gasteiger partial charge is 1.00 e. The summed E-state index contributed by atoms with van der Waals surface area (Å²) in [5, 5.41) is 17.8. The number of aromatic nitrogens is 12. The van der Waals surface area contributed by atoms with Crippen LogP contribution >= 0.6 is 34.8 Å². The molecule has 6 amide bonds. The molecule has 0 aliphatic heterocycles. The Morgan fingerprint density at radius 3 is 1.19 bits per heavy atom. The van der Waals surface area contributed by atoms with Crippen molar-refractivity contribution in [3.8, 4) is 0 Å². The Hall–Kier alpha value is -9.43.